The third-order valence-electron chi connectivity index (χ3n) is 4.24. The van der Waals surface area contributed by atoms with Crippen molar-refractivity contribution in [1.29, 1.82) is 10.5 Å². The molecule has 0 unspecified atom stereocenters. The summed E-state index contributed by atoms with van der Waals surface area (Å²) in [5.41, 5.74) is 3.68. The maximum atomic E-state index is 12.9. The molecule has 0 fully saturated rings. The number of hydrogen-bond donors (Lipinski definition) is 0. The van der Waals surface area contributed by atoms with Crippen LogP contribution >= 0.6 is 0 Å². The fraction of sp³-hybridized carbons (Fsp3) is 0.200. The van der Waals surface area contributed by atoms with E-state index in [1.165, 1.54) is 0 Å². The Morgan fingerprint density at radius 1 is 0.875 bits per heavy atom. The number of carbonyl (C=O) groups excluding carboxylic acids is 1. The van der Waals surface area contributed by atoms with E-state index in [4.69, 9.17) is 0 Å². The molecule has 1 aliphatic rings. The predicted molar refractivity (Wildman–Crippen MR) is 89.7 cm³/mol. The lowest BCUT2D eigenvalue weighted by molar-refractivity contribution is -0.336. The van der Waals surface area contributed by atoms with E-state index in [0.717, 1.165) is 10.1 Å². The van der Waals surface area contributed by atoms with Gasteiger partial charge in [-0.15, -0.1) is 0 Å². The monoisotopic (exact) mass is 314 g/mol. The summed E-state index contributed by atoms with van der Waals surface area (Å²) in [4.78, 5) is 12.9. The third kappa shape index (κ3) is 2.30. The van der Waals surface area contributed by atoms with E-state index in [2.05, 4.69) is 20.8 Å². The molecular formula is C20H16N3O+. The Morgan fingerprint density at radius 2 is 1.46 bits per heavy atom. The zero-order valence-corrected chi connectivity index (χ0v) is 13.8. The minimum Gasteiger partial charge on any atom is -0.289 e. The molecule has 4 heteroatoms. The van der Waals surface area contributed by atoms with Crippen molar-refractivity contribution in [2.24, 2.45) is 0 Å². The van der Waals surface area contributed by atoms with Crippen LogP contribution in [0.25, 0.3) is 0 Å². The van der Waals surface area contributed by atoms with Crippen LogP contribution in [0.5, 0.6) is 0 Å². The largest absolute Gasteiger partial charge is 0.385 e. The van der Waals surface area contributed by atoms with Gasteiger partial charge in [-0.05, 0) is 17.0 Å². The van der Waals surface area contributed by atoms with E-state index in [-0.39, 0.29) is 11.2 Å². The molecule has 0 bridgehead atoms. The molecule has 116 valence electrons. The minimum atomic E-state index is -0.101. The lowest BCUT2D eigenvalue weighted by Gasteiger charge is -2.24. The maximum absolute atomic E-state index is 12.9. The van der Waals surface area contributed by atoms with Crippen molar-refractivity contribution in [2.75, 3.05) is 0 Å². The summed E-state index contributed by atoms with van der Waals surface area (Å²) in [6, 6.07) is 12.8. The Balaban J connectivity index is 2.40. The quantitative estimate of drug-likeness (QED) is 0.363. The molecule has 0 atom stereocenters. The van der Waals surface area contributed by atoms with Crippen LogP contribution in [0.4, 0.5) is 0 Å². The summed E-state index contributed by atoms with van der Waals surface area (Å²) in [6.45, 7) is 6.24. The van der Waals surface area contributed by atoms with Gasteiger partial charge in [0.15, 0.2) is 5.78 Å². The molecule has 24 heavy (non-hydrogen) atoms. The third-order valence-corrected chi connectivity index (χ3v) is 4.24. The number of nitrogens with zero attached hydrogens (tertiary/aromatic N) is 3. The van der Waals surface area contributed by atoms with Crippen molar-refractivity contribution in [3.8, 4) is 12.4 Å². The van der Waals surface area contributed by atoms with E-state index < -0.39 is 0 Å². The van der Waals surface area contributed by atoms with Crippen molar-refractivity contribution < 1.29 is 9.37 Å². The highest BCUT2D eigenvalue weighted by molar-refractivity contribution is 6.28. The Labute approximate surface area is 140 Å². The number of rotatable bonds is 0. The summed E-state index contributed by atoms with van der Waals surface area (Å²) in [7, 11) is 0. The molecule has 0 spiro atoms. The molecule has 0 amide bonds. The van der Waals surface area contributed by atoms with Crippen molar-refractivity contribution in [1.82, 2.24) is 0 Å². The van der Waals surface area contributed by atoms with Crippen molar-refractivity contribution in [2.45, 2.75) is 26.2 Å². The molecule has 0 N–H and O–H groups in total. The van der Waals surface area contributed by atoms with Crippen LogP contribution < -0.4 is 0 Å². The second-order valence-electron chi connectivity index (χ2n) is 6.77. The molecule has 3 rings (SSSR count). The molecule has 0 aliphatic heterocycles. The topological polar surface area (TPSA) is 67.7 Å². The smallest absolute Gasteiger partial charge is 0.289 e. The number of ketones is 1. The van der Waals surface area contributed by atoms with E-state index in [1.807, 2.05) is 30.6 Å². The van der Waals surface area contributed by atoms with Gasteiger partial charge in [-0.25, -0.2) is 0 Å². The highest BCUT2D eigenvalue weighted by Crippen LogP contribution is 2.31. The van der Waals surface area contributed by atoms with Crippen molar-refractivity contribution in [3.63, 3.8) is 0 Å². The first kappa shape index (κ1) is 15.6. The van der Waals surface area contributed by atoms with E-state index in [0.29, 0.717) is 28.0 Å². The van der Waals surface area contributed by atoms with E-state index in [9.17, 15) is 15.3 Å². The number of hydrogen-bond acceptors (Lipinski definition) is 3. The Morgan fingerprint density at radius 3 is 2.04 bits per heavy atom. The number of nitriles is 2. The van der Waals surface area contributed by atoms with Crippen LogP contribution in [-0.4, -0.2) is 16.1 Å². The first-order valence-electron chi connectivity index (χ1n) is 7.64. The number of benzene rings is 2. The van der Waals surface area contributed by atoms with Gasteiger partial charge in [0, 0.05) is 32.8 Å². The minimum absolute atomic E-state index is 0.0775. The van der Waals surface area contributed by atoms with Gasteiger partial charge in [-0.1, -0.05) is 61.7 Å². The first-order chi connectivity index (χ1) is 11.4. The summed E-state index contributed by atoms with van der Waals surface area (Å²) in [5, 5.41) is 18.7. The maximum Gasteiger partial charge on any atom is 0.385 e. The second-order valence-corrected chi connectivity index (χ2v) is 6.77. The molecular weight excluding hydrogens is 298 g/mol. The highest BCUT2D eigenvalue weighted by atomic mass is 16.1. The molecule has 4 nitrogen and oxygen atoms in total. The van der Waals surface area contributed by atoms with Crippen molar-refractivity contribution >= 4 is 11.5 Å². The van der Waals surface area contributed by atoms with Gasteiger partial charge in [-0.3, -0.25) is 4.79 Å². The number of carbonyl (C=O) groups is 1. The van der Waals surface area contributed by atoms with Gasteiger partial charge in [0.2, 0.25) is 0 Å². The predicted octanol–water partition coefficient (Wildman–Crippen LogP) is 3.34. The van der Waals surface area contributed by atoms with Gasteiger partial charge in [-0.2, -0.15) is 0 Å². The zero-order chi connectivity index (χ0) is 17.5. The normalized spacial score (nSPS) is 12.7. The van der Waals surface area contributed by atoms with Crippen LogP contribution in [0.1, 0.15) is 53.4 Å². The van der Waals surface area contributed by atoms with Gasteiger partial charge < -0.3 is 0 Å². The average molecular weight is 314 g/mol. The summed E-state index contributed by atoms with van der Waals surface area (Å²) < 4.78 is 0.959. The molecule has 0 saturated carbocycles. The van der Waals surface area contributed by atoms with E-state index in [1.54, 1.807) is 24.3 Å². The lowest BCUT2D eigenvalue weighted by atomic mass is 9.79. The Bertz CT molecular complexity index is 963. The van der Waals surface area contributed by atoms with Gasteiger partial charge >= 0.3 is 12.4 Å². The fourth-order valence-corrected chi connectivity index (χ4v) is 2.95. The van der Waals surface area contributed by atoms with Gasteiger partial charge in [0.05, 0.1) is 0 Å². The average Bonchev–Trinajstić information content (AvgIpc) is 2.57. The first-order valence-corrected chi connectivity index (χ1v) is 7.64. The molecule has 2 aromatic carbocycles. The number of fused-ring (bicyclic) bond motifs is 2. The fourth-order valence-electron chi connectivity index (χ4n) is 2.95. The summed E-state index contributed by atoms with van der Waals surface area (Å²) in [5.74, 6) is -0.0775. The van der Waals surface area contributed by atoms with Crippen LogP contribution in [-0.2, 0) is 5.41 Å². The molecule has 0 heterocycles. The molecule has 1 aliphatic carbocycles. The highest BCUT2D eigenvalue weighted by Gasteiger charge is 2.32. The SMILES string of the molecule is CC(C)(C)c1ccc2c(c1)C(=O)c1ccccc1C2=[N+](C#N)C#N. The van der Waals surface area contributed by atoms with Crippen LogP contribution in [0.15, 0.2) is 42.5 Å². The van der Waals surface area contributed by atoms with Crippen LogP contribution in [0, 0.1) is 22.9 Å². The van der Waals surface area contributed by atoms with Gasteiger partial charge in [0.25, 0.3) is 0 Å². The molecule has 0 saturated heterocycles. The Kier molecular flexibility index (Phi) is 3.55. The zero-order valence-electron chi connectivity index (χ0n) is 13.8. The van der Waals surface area contributed by atoms with Crippen molar-refractivity contribution in [3.05, 3.63) is 70.3 Å². The van der Waals surface area contributed by atoms with Crippen LogP contribution in [0.2, 0.25) is 0 Å². The molecule has 0 radical (unpaired) electrons. The summed E-state index contributed by atoms with van der Waals surface area (Å²) >= 11 is 0. The van der Waals surface area contributed by atoms with Crippen LogP contribution in [0.3, 0.4) is 0 Å². The van der Waals surface area contributed by atoms with Gasteiger partial charge in [0.1, 0.15) is 5.71 Å². The van der Waals surface area contributed by atoms with E-state index >= 15 is 0 Å². The standard InChI is InChI=1S/C20H16N3O/c1-20(2,3)13-8-9-15-17(10-13)19(24)16-7-5-4-6-14(16)18(15)23(11-21)12-22/h4-10H,1-3H3/q+1. The second kappa shape index (κ2) is 5.44. The Hall–Kier alpha value is -3.24. The lowest BCUT2D eigenvalue weighted by Crippen LogP contribution is -2.27. The summed E-state index contributed by atoms with van der Waals surface area (Å²) in [6.07, 6.45) is 3.77. The molecule has 2 aromatic rings. The molecule has 0 aromatic heterocycles.